The number of rotatable bonds is 4. The van der Waals surface area contributed by atoms with Gasteiger partial charge in [0, 0.05) is 29.2 Å². The second-order valence-electron chi connectivity index (χ2n) is 5.23. The molecule has 1 unspecified atom stereocenters. The van der Waals surface area contributed by atoms with Crippen LogP contribution in [-0.4, -0.2) is 29.8 Å². The standard InChI is InChI=1S/C16H19N3O3/c1-4-22-15-10(6-5-7-12(15)21-3)11-8-13(20)17-16-14(11)9(2)18-19-16/h5-7,11H,4,8H2,1-3H3,(H2,17,18,19,20). The third-order valence-corrected chi connectivity index (χ3v) is 3.88. The maximum absolute atomic E-state index is 12.0. The van der Waals surface area contributed by atoms with Crippen molar-refractivity contribution in [1.29, 1.82) is 0 Å². The number of H-pyrrole nitrogens is 1. The monoisotopic (exact) mass is 301 g/mol. The van der Waals surface area contributed by atoms with E-state index in [4.69, 9.17) is 9.47 Å². The van der Waals surface area contributed by atoms with Crippen LogP contribution in [0.25, 0.3) is 0 Å². The highest BCUT2D eigenvalue weighted by atomic mass is 16.5. The Kier molecular flexibility index (Phi) is 3.75. The topological polar surface area (TPSA) is 76.2 Å². The summed E-state index contributed by atoms with van der Waals surface area (Å²) >= 11 is 0. The van der Waals surface area contributed by atoms with Crippen LogP contribution in [0, 0.1) is 6.92 Å². The number of carbonyl (C=O) groups excluding carboxylic acids is 1. The number of aromatic nitrogens is 2. The SMILES string of the molecule is CCOc1c(OC)cccc1C1CC(=O)Nc2n[nH]c(C)c21. The van der Waals surface area contributed by atoms with Gasteiger partial charge < -0.3 is 14.8 Å². The molecule has 1 aromatic carbocycles. The summed E-state index contributed by atoms with van der Waals surface area (Å²) in [6.07, 6.45) is 0.362. The second kappa shape index (κ2) is 5.71. The number of anilines is 1. The summed E-state index contributed by atoms with van der Waals surface area (Å²) in [5.41, 5.74) is 2.90. The molecule has 0 aliphatic carbocycles. The molecule has 1 amide bonds. The summed E-state index contributed by atoms with van der Waals surface area (Å²) in [6.45, 7) is 4.42. The molecular weight excluding hydrogens is 282 g/mol. The van der Waals surface area contributed by atoms with Gasteiger partial charge in [0.25, 0.3) is 0 Å². The van der Waals surface area contributed by atoms with Crippen LogP contribution in [0.4, 0.5) is 5.82 Å². The molecule has 2 N–H and O–H groups in total. The van der Waals surface area contributed by atoms with E-state index >= 15 is 0 Å². The van der Waals surface area contributed by atoms with Gasteiger partial charge in [-0.05, 0) is 19.9 Å². The molecule has 0 bridgehead atoms. The molecule has 2 aromatic rings. The third-order valence-electron chi connectivity index (χ3n) is 3.88. The Morgan fingerprint density at radius 1 is 1.41 bits per heavy atom. The van der Waals surface area contributed by atoms with Gasteiger partial charge in [0.1, 0.15) is 0 Å². The van der Waals surface area contributed by atoms with E-state index in [0.717, 1.165) is 16.8 Å². The van der Waals surface area contributed by atoms with Crippen LogP contribution in [0.5, 0.6) is 11.5 Å². The number of aryl methyl sites for hydroxylation is 1. The van der Waals surface area contributed by atoms with E-state index in [1.807, 2.05) is 32.0 Å². The molecule has 2 heterocycles. The van der Waals surface area contributed by atoms with Crippen molar-refractivity contribution in [2.45, 2.75) is 26.2 Å². The van der Waals surface area contributed by atoms with E-state index in [1.165, 1.54) is 0 Å². The molecule has 1 aliphatic heterocycles. The number of nitrogens with zero attached hydrogens (tertiary/aromatic N) is 1. The smallest absolute Gasteiger partial charge is 0.226 e. The second-order valence-corrected chi connectivity index (χ2v) is 5.23. The molecule has 6 nitrogen and oxygen atoms in total. The average Bonchev–Trinajstić information content (AvgIpc) is 2.88. The van der Waals surface area contributed by atoms with E-state index in [0.29, 0.717) is 30.3 Å². The maximum atomic E-state index is 12.0. The summed E-state index contributed by atoms with van der Waals surface area (Å²) in [7, 11) is 1.61. The normalized spacial score (nSPS) is 16.9. The molecule has 6 heteroatoms. The Bertz CT molecular complexity index is 709. The van der Waals surface area contributed by atoms with Crippen LogP contribution in [0.2, 0.25) is 0 Å². The first kappa shape index (κ1) is 14.4. The van der Waals surface area contributed by atoms with Crippen LogP contribution in [0.3, 0.4) is 0 Å². The van der Waals surface area contributed by atoms with Crippen molar-refractivity contribution in [2.24, 2.45) is 0 Å². The van der Waals surface area contributed by atoms with Gasteiger partial charge in [0.2, 0.25) is 5.91 Å². The van der Waals surface area contributed by atoms with Crippen LogP contribution >= 0.6 is 0 Å². The predicted molar refractivity (Wildman–Crippen MR) is 82.6 cm³/mol. The van der Waals surface area contributed by atoms with E-state index in [1.54, 1.807) is 7.11 Å². The molecular formula is C16H19N3O3. The Labute approximate surface area is 128 Å². The number of ether oxygens (including phenoxy) is 2. The molecule has 1 atom stereocenters. The third kappa shape index (κ3) is 2.30. The largest absolute Gasteiger partial charge is 0.493 e. The quantitative estimate of drug-likeness (QED) is 0.910. The summed E-state index contributed by atoms with van der Waals surface area (Å²) in [4.78, 5) is 12.0. The number of hydrogen-bond donors (Lipinski definition) is 2. The van der Waals surface area contributed by atoms with Crippen molar-refractivity contribution in [3.63, 3.8) is 0 Å². The number of aromatic amines is 1. The molecule has 22 heavy (non-hydrogen) atoms. The first-order chi connectivity index (χ1) is 10.7. The van der Waals surface area contributed by atoms with Crippen molar-refractivity contribution in [1.82, 2.24) is 10.2 Å². The van der Waals surface area contributed by atoms with Gasteiger partial charge in [-0.1, -0.05) is 12.1 Å². The van der Waals surface area contributed by atoms with E-state index in [-0.39, 0.29) is 11.8 Å². The summed E-state index contributed by atoms with van der Waals surface area (Å²) in [5.74, 6) is 1.82. The van der Waals surface area contributed by atoms with Crippen LogP contribution in [-0.2, 0) is 4.79 Å². The number of nitrogens with one attached hydrogen (secondary N) is 2. The maximum Gasteiger partial charge on any atom is 0.226 e. The van der Waals surface area contributed by atoms with Crippen molar-refractivity contribution in [3.05, 3.63) is 35.0 Å². The van der Waals surface area contributed by atoms with Crippen molar-refractivity contribution in [3.8, 4) is 11.5 Å². The van der Waals surface area contributed by atoms with Gasteiger partial charge >= 0.3 is 0 Å². The fraction of sp³-hybridized carbons (Fsp3) is 0.375. The number of para-hydroxylation sites is 1. The lowest BCUT2D eigenvalue weighted by Gasteiger charge is -2.25. The van der Waals surface area contributed by atoms with Crippen LogP contribution in [0.1, 0.15) is 36.1 Å². The van der Waals surface area contributed by atoms with E-state index < -0.39 is 0 Å². The highest BCUT2D eigenvalue weighted by Crippen LogP contribution is 2.44. The molecule has 0 fully saturated rings. The number of hydrogen-bond acceptors (Lipinski definition) is 4. The van der Waals surface area contributed by atoms with Gasteiger partial charge in [0.05, 0.1) is 13.7 Å². The molecule has 0 spiro atoms. The Hall–Kier alpha value is -2.50. The first-order valence-electron chi connectivity index (χ1n) is 7.30. The minimum Gasteiger partial charge on any atom is -0.493 e. The molecule has 0 saturated heterocycles. The van der Waals surface area contributed by atoms with Crippen molar-refractivity contribution >= 4 is 11.7 Å². The lowest BCUT2D eigenvalue weighted by Crippen LogP contribution is -2.24. The van der Waals surface area contributed by atoms with E-state index in [2.05, 4.69) is 15.5 Å². The molecule has 116 valence electrons. The van der Waals surface area contributed by atoms with Gasteiger partial charge in [-0.2, -0.15) is 5.10 Å². The molecule has 1 aromatic heterocycles. The zero-order valence-electron chi connectivity index (χ0n) is 12.9. The highest BCUT2D eigenvalue weighted by Gasteiger charge is 2.32. The zero-order chi connectivity index (χ0) is 15.7. The predicted octanol–water partition coefficient (Wildman–Crippen LogP) is 2.60. The first-order valence-corrected chi connectivity index (χ1v) is 7.30. The van der Waals surface area contributed by atoms with Gasteiger partial charge in [-0.15, -0.1) is 0 Å². The molecule has 3 rings (SSSR count). The van der Waals surface area contributed by atoms with Gasteiger partial charge in [0.15, 0.2) is 17.3 Å². The lowest BCUT2D eigenvalue weighted by molar-refractivity contribution is -0.116. The van der Waals surface area contributed by atoms with Crippen molar-refractivity contribution < 1.29 is 14.3 Å². The van der Waals surface area contributed by atoms with Crippen molar-refractivity contribution in [2.75, 3.05) is 19.0 Å². The minimum atomic E-state index is -0.0980. The fourth-order valence-corrected chi connectivity index (χ4v) is 2.96. The Balaban J connectivity index is 2.15. The summed E-state index contributed by atoms with van der Waals surface area (Å²) in [5, 5.41) is 9.92. The molecule has 0 saturated carbocycles. The lowest BCUT2D eigenvalue weighted by atomic mass is 9.85. The zero-order valence-corrected chi connectivity index (χ0v) is 12.9. The van der Waals surface area contributed by atoms with Gasteiger partial charge in [-0.25, -0.2) is 0 Å². The number of carbonyl (C=O) groups is 1. The molecule has 0 radical (unpaired) electrons. The average molecular weight is 301 g/mol. The number of methoxy groups -OCH3 is 1. The van der Waals surface area contributed by atoms with Crippen LogP contribution < -0.4 is 14.8 Å². The minimum absolute atomic E-state index is 0.0470. The van der Waals surface area contributed by atoms with Gasteiger partial charge in [-0.3, -0.25) is 9.89 Å². The van der Waals surface area contributed by atoms with Crippen LogP contribution in [0.15, 0.2) is 18.2 Å². The summed E-state index contributed by atoms with van der Waals surface area (Å²) < 4.78 is 11.2. The molecule has 1 aliphatic rings. The Morgan fingerprint density at radius 2 is 2.23 bits per heavy atom. The highest BCUT2D eigenvalue weighted by molar-refractivity contribution is 5.94. The number of benzene rings is 1. The Morgan fingerprint density at radius 3 is 2.95 bits per heavy atom. The van der Waals surface area contributed by atoms with E-state index in [9.17, 15) is 4.79 Å². The fourth-order valence-electron chi connectivity index (χ4n) is 2.96. The number of fused-ring (bicyclic) bond motifs is 1. The summed E-state index contributed by atoms with van der Waals surface area (Å²) in [6, 6.07) is 5.76. The number of amides is 1.